The molecule has 12 heteroatoms. The van der Waals surface area contributed by atoms with Crippen LogP contribution in [0.5, 0.6) is 0 Å². The summed E-state index contributed by atoms with van der Waals surface area (Å²) in [5, 5.41) is 8.09. The quantitative estimate of drug-likeness (QED) is 0.574. The second-order valence-corrected chi connectivity index (χ2v) is 9.64. The zero-order valence-corrected chi connectivity index (χ0v) is 17.8. The fourth-order valence-electron chi connectivity index (χ4n) is 3.21. The number of rotatable bonds is 8. The van der Waals surface area contributed by atoms with Crippen molar-refractivity contribution in [1.82, 2.24) is 9.97 Å². The molecule has 0 amide bonds. The smallest absolute Gasteiger partial charge is 0.333 e. The van der Waals surface area contributed by atoms with Gasteiger partial charge in [0.05, 0.1) is 17.0 Å². The minimum Gasteiger partial charge on any atom is -0.367 e. The Hall–Kier alpha value is -1.92. The number of carbonyl (C=O) groups excluding carboxylic acids is 2. The third-order valence-corrected chi connectivity index (χ3v) is 6.42. The van der Waals surface area contributed by atoms with Crippen molar-refractivity contribution < 1.29 is 22.2 Å². The van der Waals surface area contributed by atoms with E-state index in [4.69, 9.17) is 16.7 Å². The standard InChI is InChI=1S/C17H19ClN4O5S2/c1-9(23)12-5-14(28-16(12)18)15(24)13-6-20-8-21-17(13)22-11-3-2-10(4-11)7-27-29(19,25)26/h5-6,8,10-11H,2-4,7H2,1H3,(H2,19,25,26)(H,20,21,22)/t10-,11+/m1/s1. The largest absolute Gasteiger partial charge is 0.367 e. The zero-order chi connectivity index (χ0) is 21.2. The summed E-state index contributed by atoms with van der Waals surface area (Å²) in [6.07, 6.45) is 4.90. The monoisotopic (exact) mass is 458 g/mol. The summed E-state index contributed by atoms with van der Waals surface area (Å²) < 4.78 is 26.8. The zero-order valence-electron chi connectivity index (χ0n) is 15.4. The number of anilines is 1. The fraction of sp³-hybridized carbons (Fsp3) is 0.412. The van der Waals surface area contributed by atoms with E-state index in [9.17, 15) is 18.0 Å². The molecule has 0 aliphatic heterocycles. The van der Waals surface area contributed by atoms with Crippen LogP contribution in [0.25, 0.3) is 0 Å². The third kappa shape index (κ3) is 5.58. The van der Waals surface area contributed by atoms with Gasteiger partial charge in [0.2, 0.25) is 5.78 Å². The van der Waals surface area contributed by atoms with Gasteiger partial charge >= 0.3 is 10.3 Å². The van der Waals surface area contributed by atoms with Crippen LogP contribution in [-0.4, -0.2) is 42.6 Å². The summed E-state index contributed by atoms with van der Waals surface area (Å²) in [5.41, 5.74) is 0.574. The number of aromatic nitrogens is 2. The first-order chi connectivity index (χ1) is 13.6. The molecule has 1 aliphatic rings. The summed E-state index contributed by atoms with van der Waals surface area (Å²) in [5.74, 6) is -0.149. The first kappa shape index (κ1) is 21.8. The number of thiophene rings is 1. The minimum absolute atomic E-state index is 0.00904. The number of hydrogen-bond acceptors (Lipinski definition) is 9. The second-order valence-electron chi connectivity index (χ2n) is 6.77. The maximum atomic E-state index is 12.9. The van der Waals surface area contributed by atoms with E-state index in [1.807, 2.05) is 0 Å². The van der Waals surface area contributed by atoms with Crippen molar-refractivity contribution in [2.75, 3.05) is 11.9 Å². The van der Waals surface area contributed by atoms with Gasteiger partial charge in [-0.15, -0.1) is 11.3 Å². The molecule has 2 heterocycles. The predicted molar refractivity (Wildman–Crippen MR) is 109 cm³/mol. The highest BCUT2D eigenvalue weighted by Gasteiger charge is 2.28. The molecule has 0 spiro atoms. The Balaban J connectivity index is 1.72. The van der Waals surface area contributed by atoms with Crippen LogP contribution in [0.2, 0.25) is 4.34 Å². The number of nitrogens with zero attached hydrogens (tertiary/aromatic N) is 2. The van der Waals surface area contributed by atoms with E-state index in [0.29, 0.717) is 22.7 Å². The molecule has 1 aliphatic carbocycles. The number of ketones is 2. The Labute approximate surface area is 176 Å². The second kappa shape index (κ2) is 8.84. The molecule has 2 aromatic rings. The van der Waals surface area contributed by atoms with Gasteiger partial charge in [-0.25, -0.2) is 15.1 Å². The van der Waals surface area contributed by atoms with Gasteiger partial charge in [0.15, 0.2) is 5.78 Å². The van der Waals surface area contributed by atoms with Crippen LogP contribution < -0.4 is 10.5 Å². The fourth-order valence-corrected chi connectivity index (χ4v) is 4.91. The number of carbonyl (C=O) groups is 2. The molecule has 3 rings (SSSR count). The van der Waals surface area contributed by atoms with Crippen molar-refractivity contribution in [3.8, 4) is 0 Å². The Morgan fingerprint density at radius 2 is 2.14 bits per heavy atom. The molecule has 29 heavy (non-hydrogen) atoms. The number of nitrogens with two attached hydrogens (primary N) is 1. The molecular formula is C17H19ClN4O5S2. The maximum absolute atomic E-state index is 12.9. The normalized spacial score (nSPS) is 19.3. The van der Waals surface area contributed by atoms with Gasteiger partial charge < -0.3 is 5.32 Å². The first-order valence-electron chi connectivity index (χ1n) is 8.72. The predicted octanol–water partition coefficient (Wildman–Crippen LogP) is 2.43. The van der Waals surface area contributed by atoms with E-state index in [1.54, 1.807) is 0 Å². The first-order valence-corrected chi connectivity index (χ1v) is 11.4. The highest BCUT2D eigenvalue weighted by Crippen LogP contribution is 2.32. The Kier molecular flexibility index (Phi) is 6.64. The van der Waals surface area contributed by atoms with Gasteiger partial charge in [-0.05, 0) is 38.2 Å². The molecule has 2 aromatic heterocycles. The molecule has 1 fully saturated rings. The van der Waals surface area contributed by atoms with Crippen LogP contribution in [0.3, 0.4) is 0 Å². The summed E-state index contributed by atoms with van der Waals surface area (Å²) in [6, 6.07) is 1.47. The SMILES string of the molecule is CC(=O)c1cc(C(=O)c2cncnc2N[C@H]2CC[C@@H](COS(N)(=O)=O)C2)sc1Cl. The van der Waals surface area contributed by atoms with Crippen molar-refractivity contribution in [2.45, 2.75) is 32.2 Å². The van der Waals surface area contributed by atoms with E-state index < -0.39 is 10.3 Å². The average molecular weight is 459 g/mol. The van der Waals surface area contributed by atoms with Gasteiger partial charge in [0, 0.05) is 17.8 Å². The van der Waals surface area contributed by atoms with E-state index in [1.165, 1.54) is 25.5 Å². The van der Waals surface area contributed by atoms with Crippen molar-refractivity contribution in [2.24, 2.45) is 11.1 Å². The summed E-state index contributed by atoms with van der Waals surface area (Å²) in [4.78, 5) is 33.0. The summed E-state index contributed by atoms with van der Waals surface area (Å²) in [6.45, 7) is 1.41. The molecule has 0 bridgehead atoms. The van der Waals surface area contributed by atoms with E-state index in [-0.39, 0.29) is 40.0 Å². The van der Waals surface area contributed by atoms with Crippen LogP contribution in [-0.2, 0) is 14.5 Å². The molecule has 3 N–H and O–H groups in total. The molecule has 0 unspecified atom stereocenters. The third-order valence-electron chi connectivity index (χ3n) is 4.60. The average Bonchev–Trinajstić information content (AvgIpc) is 3.26. The van der Waals surface area contributed by atoms with Gasteiger partial charge in [-0.3, -0.25) is 13.8 Å². The van der Waals surface area contributed by atoms with E-state index in [2.05, 4.69) is 19.5 Å². The van der Waals surface area contributed by atoms with Crippen LogP contribution in [0.4, 0.5) is 5.82 Å². The molecule has 2 atom stereocenters. The number of nitrogens with one attached hydrogen (secondary N) is 1. The van der Waals surface area contributed by atoms with Crippen LogP contribution in [0, 0.1) is 5.92 Å². The van der Waals surface area contributed by atoms with Gasteiger partial charge in [0.25, 0.3) is 0 Å². The highest BCUT2D eigenvalue weighted by atomic mass is 35.5. The van der Waals surface area contributed by atoms with Crippen molar-refractivity contribution in [3.63, 3.8) is 0 Å². The van der Waals surface area contributed by atoms with Crippen molar-refractivity contribution >= 4 is 50.6 Å². The summed E-state index contributed by atoms with van der Waals surface area (Å²) >= 11 is 7.09. The number of hydrogen-bond donors (Lipinski definition) is 2. The van der Waals surface area contributed by atoms with Crippen molar-refractivity contribution in [3.05, 3.63) is 38.9 Å². The van der Waals surface area contributed by atoms with Gasteiger partial charge in [0.1, 0.15) is 16.5 Å². The molecule has 0 aromatic carbocycles. The lowest BCUT2D eigenvalue weighted by Crippen LogP contribution is -2.22. The van der Waals surface area contributed by atoms with Crippen molar-refractivity contribution in [1.29, 1.82) is 0 Å². The molecule has 9 nitrogen and oxygen atoms in total. The van der Waals surface area contributed by atoms with Crippen LogP contribution >= 0.6 is 22.9 Å². The van der Waals surface area contributed by atoms with E-state index >= 15 is 0 Å². The van der Waals surface area contributed by atoms with E-state index in [0.717, 1.165) is 24.2 Å². The van der Waals surface area contributed by atoms with Gasteiger partial charge in [-0.1, -0.05) is 11.6 Å². The molecule has 0 saturated heterocycles. The Morgan fingerprint density at radius 1 is 1.38 bits per heavy atom. The lowest BCUT2D eigenvalue weighted by Gasteiger charge is -2.15. The lowest BCUT2D eigenvalue weighted by atomic mass is 10.1. The molecular weight excluding hydrogens is 440 g/mol. The molecule has 0 radical (unpaired) electrons. The highest BCUT2D eigenvalue weighted by molar-refractivity contribution is 7.84. The summed E-state index contributed by atoms with van der Waals surface area (Å²) in [7, 11) is -3.96. The van der Waals surface area contributed by atoms with Gasteiger partial charge in [-0.2, -0.15) is 8.42 Å². The Bertz CT molecular complexity index is 1040. The van der Waals surface area contributed by atoms with Crippen LogP contribution in [0.15, 0.2) is 18.6 Å². The Morgan fingerprint density at radius 3 is 2.79 bits per heavy atom. The van der Waals surface area contributed by atoms with Crippen LogP contribution in [0.1, 0.15) is 51.8 Å². The topological polar surface area (TPSA) is 141 Å². The lowest BCUT2D eigenvalue weighted by molar-refractivity contribution is 0.101. The number of Topliss-reactive ketones (excluding diaryl/α,β-unsaturated/α-hetero) is 1. The maximum Gasteiger partial charge on any atom is 0.333 e. The number of halogens is 1. The molecule has 1 saturated carbocycles. The molecule has 156 valence electrons. The minimum atomic E-state index is -3.96.